The van der Waals surface area contributed by atoms with Gasteiger partial charge in [-0.3, -0.25) is 0 Å². The summed E-state index contributed by atoms with van der Waals surface area (Å²) in [6.45, 7) is 2.11. The van der Waals surface area contributed by atoms with Crippen molar-refractivity contribution < 1.29 is 5.11 Å². The van der Waals surface area contributed by atoms with Gasteiger partial charge in [-0.15, -0.1) is 11.8 Å². The Balaban J connectivity index is 2.62. The molecule has 0 saturated heterocycles. The topological polar surface area (TPSA) is 72.0 Å². The quantitative estimate of drug-likeness (QED) is 0.608. The predicted octanol–water partition coefficient (Wildman–Crippen LogP) is 1.43. The molecule has 78 valence electrons. The third-order valence-electron chi connectivity index (χ3n) is 1.55. The molecule has 0 aromatic carbocycles. The van der Waals surface area contributed by atoms with E-state index in [1.807, 2.05) is 6.92 Å². The Bertz CT molecular complexity index is 311. The first kappa shape index (κ1) is 11.6. The van der Waals surface area contributed by atoms with Crippen molar-refractivity contribution in [2.24, 2.45) is 5.92 Å². The zero-order valence-corrected chi connectivity index (χ0v) is 9.35. The van der Waals surface area contributed by atoms with Gasteiger partial charge in [-0.05, 0) is 5.92 Å². The molecule has 6 heteroatoms. The van der Waals surface area contributed by atoms with Gasteiger partial charge in [0.2, 0.25) is 5.95 Å². The number of aromatic nitrogens is 2. The first-order valence-corrected chi connectivity index (χ1v) is 5.51. The summed E-state index contributed by atoms with van der Waals surface area (Å²) in [4.78, 5) is 7.75. The summed E-state index contributed by atoms with van der Waals surface area (Å²) in [6.07, 6.45) is 1.48. The average Bonchev–Trinajstić information content (AvgIpc) is 2.19. The van der Waals surface area contributed by atoms with Gasteiger partial charge in [0.25, 0.3) is 0 Å². The molecule has 0 aliphatic rings. The Morgan fingerprint density at radius 1 is 1.71 bits per heavy atom. The molecular formula is C8H12ClN3OS. The second-order valence-electron chi connectivity index (χ2n) is 2.98. The Kier molecular flexibility index (Phi) is 4.44. The van der Waals surface area contributed by atoms with Crippen molar-refractivity contribution >= 4 is 29.3 Å². The van der Waals surface area contributed by atoms with Gasteiger partial charge in [0.15, 0.2) is 0 Å². The van der Waals surface area contributed by atoms with Crippen molar-refractivity contribution in [1.29, 1.82) is 0 Å². The van der Waals surface area contributed by atoms with E-state index in [1.54, 1.807) is 0 Å². The van der Waals surface area contributed by atoms with Crippen molar-refractivity contribution in [3.8, 4) is 0 Å². The molecule has 1 rings (SSSR count). The van der Waals surface area contributed by atoms with Crippen LogP contribution in [0.15, 0.2) is 11.2 Å². The summed E-state index contributed by atoms with van der Waals surface area (Å²) in [6, 6.07) is 0. The van der Waals surface area contributed by atoms with Crippen LogP contribution < -0.4 is 5.73 Å². The van der Waals surface area contributed by atoms with Crippen molar-refractivity contribution in [1.82, 2.24) is 9.97 Å². The first-order valence-electron chi connectivity index (χ1n) is 4.15. The minimum absolute atomic E-state index is 0.158. The van der Waals surface area contributed by atoms with Gasteiger partial charge in [0.05, 0.1) is 11.2 Å². The standard InChI is InChI=1S/C8H12ClN3OS/c1-5(3-13)4-14-7-6(9)2-11-8(10)12-7/h2,5,13H,3-4H2,1H3,(H2,10,11,12). The summed E-state index contributed by atoms with van der Waals surface area (Å²) in [7, 11) is 0. The van der Waals surface area contributed by atoms with Crippen LogP contribution in [0, 0.1) is 5.92 Å². The summed E-state index contributed by atoms with van der Waals surface area (Å²) in [5.41, 5.74) is 5.42. The molecule has 1 aromatic rings. The van der Waals surface area contributed by atoms with E-state index in [0.717, 1.165) is 5.75 Å². The van der Waals surface area contributed by atoms with E-state index in [9.17, 15) is 0 Å². The van der Waals surface area contributed by atoms with Crippen LogP contribution >= 0.6 is 23.4 Å². The van der Waals surface area contributed by atoms with E-state index in [4.69, 9.17) is 22.4 Å². The number of aliphatic hydroxyl groups excluding tert-OH is 1. The lowest BCUT2D eigenvalue weighted by Gasteiger charge is -2.07. The molecule has 0 radical (unpaired) electrons. The van der Waals surface area contributed by atoms with Crippen molar-refractivity contribution in [2.45, 2.75) is 11.9 Å². The fourth-order valence-corrected chi connectivity index (χ4v) is 1.89. The lowest BCUT2D eigenvalue weighted by molar-refractivity contribution is 0.250. The van der Waals surface area contributed by atoms with Crippen LogP contribution in [-0.2, 0) is 0 Å². The number of rotatable bonds is 4. The highest BCUT2D eigenvalue weighted by Gasteiger charge is 2.07. The van der Waals surface area contributed by atoms with Crippen LogP contribution in [0.1, 0.15) is 6.92 Å². The number of nitrogens with two attached hydrogens (primary N) is 1. The number of hydrogen-bond acceptors (Lipinski definition) is 5. The number of anilines is 1. The smallest absolute Gasteiger partial charge is 0.221 e. The number of halogens is 1. The molecule has 3 N–H and O–H groups in total. The van der Waals surface area contributed by atoms with Gasteiger partial charge < -0.3 is 10.8 Å². The molecule has 0 fully saturated rings. The lowest BCUT2D eigenvalue weighted by atomic mass is 10.2. The zero-order chi connectivity index (χ0) is 10.6. The molecule has 0 bridgehead atoms. The van der Waals surface area contributed by atoms with E-state index >= 15 is 0 Å². The maximum absolute atomic E-state index is 8.83. The largest absolute Gasteiger partial charge is 0.396 e. The van der Waals surface area contributed by atoms with Crippen LogP contribution in [0.2, 0.25) is 5.02 Å². The molecule has 1 atom stereocenters. The van der Waals surface area contributed by atoms with Gasteiger partial charge in [-0.1, -0.05) is 18.5 Å². The molecule has 14 heavy (non-hydrogen) atoms. The van der Waals surface area contributed by atoms with Crippen LogP contribution in [0.5, 0.6) is 0 Å². The highest BCUT2D eigenvalue weighted by atomic mass is 35.5. The Labute approximate surface area is 91.9 Å². The molecular weight excluding hydrogens is 222 g/mol. The van der Waals surface area contributed by atoms with Crippen molar-refractivity contribution in [3.63, 3.8) is 0 Å². The monoisotopic (exact) mass is 233 g/mol. The molecule has 0 spiro atoms. The van der Waals surface area contributed by atoms with Gasteiger partial charge in [-0.25, -0.2) is 9.97 Å². The SMILES string of the molecule is CC(CO)CSc1nc(N)ncc1Cl. The van der Waals surface area contributed by atoms with Gasteiger partial charge in [0.1, 0.15) is 5.03 Å². The molecule has 1 heterocycles. The van der Waals surface area contributed by atoms with Crippen LogP contribution in [0.3, 0.4) is 0 Å². The highest BCUT2D eigenvalue weighted by Crippen LogP contribution is 2.26. The Morgan fingerprint density at radius 3 is 3.07 bits per heavy atom. The van der Waals surface area contributed by atoms with Gasteiger partial charge >= 0.3 is 0 Å². The van der Waals surface area contributed by atoms with Crippen molar-refractivity contribution in [3.05, 3.63) is 11.2 Å². The maximum atomic E-state index is 8.83. The molecule has 0 amide bonds. The average molecular weight is 234 g/mol. The summed E-state index contributed by atoms with van der Waals surface area (Å²) in [5.74, 6) is 1.19. The van der Waals surface area contributed by atoms with E-state index in [1.165, 1.54) is 18.0 Å². The van der Waals surface area contributed by atoms with Crippen LogP contribution in [0.25, 0.3) is 0 Å². The zero-order valence-electron chi connectivity index (χ0n) is 7.77. The summed E-state index contributed by atoms with van der Waals surface area (Å²) >= 11 is 7.33. The van der Waals surface area contributed by atoms with E-state index in [2.05, 4.69) is 9.97 Å². The highest BCUT2D eigenvalue weighted by molar-refractivity contribution is 7.99. The number of nitrogens with zero attached hydrogens (tertiary/aromatic N) is 2. The second kappa shape index (κ2) is 5.38. The van der Waals surface area contributed by atoms with Gasteiger partial charge in [0, 0.05) is 12.4 Å². The normalized spacial score (nSPS) is 12.8. The Morgan fingerprint density at radius 2 is 2.43 bits per heavy atom. The fraction of sp³-hybridized carbons (Fsp3) is 0.500. The van der Waals surface area contributed by atoms with E-state index in [0.29, 0.717) is 10.0 Å². The lowest BCUT2D eigenvalue weighted by Crippen LogP contribution is -2.04. The molecule has 4 nitrogen and oxygen atoms in total. The maximum Gasteiger partial charge on any atom is 0.221 e. The number of thioether (sulfide) groups is 1. The van der Waals surface area contributed by atoms with E-state index in [-0.39, 0.29) is 18.5 Å². The summed E-state index contributed by atoms with van der Waals surface area (Å²) in [5, 5.41) is 9.99. The third kappa shape index (κ3) is 3.32. The summed E-state index contributed by atoms with van der Waals surface area (Å²) < 4.78 is 0. The minimum Gasteiger partial charge on any atom is -0.396 e. The van der Waals surface area contributed by atoms with Crippen LogP contribution in [0.4, 0.5) is 5.95 Å². The molecule has 0 aliphatic carbocycles. The second-order valence-corrected chi connectivity index (χ2v) is 4.40. The van der Waals surface area contributed by atoms with Gasteiger partial charge in [-0.2, -0.15) is 0 Å². The number of aliphatic hydroxyl groups is 1. The predicted molar refractivity (Wildman–Crippen MR) is 58.4 cm³/mol. The van der Waals surface area contributed by atoms with E-state index < -0.39 is 0 Å². The molecule has 1 unspecified atom stereocenters. The van der Waals surface area contributed by atoms with Crippen LogP contribution in [-0.4, -0.2) is 27.4 Å². The third-order valence-corrected chi connectivity index (χ3v) is 3.26. The van der Waals surface area contributed by atoms with Crippen molar-refractivity contribution in [2.75, 3.05) is 18.1 Å². The first-order chi connectivity index (χ1) is 6.63. The molecule has 0 saturated carbocycles. The molecule has 0 aliphatic heterocycles. The minimum atomic E-state index is 0.158. The molecule has 1 aromatic heterocycles. The number of hydrogen-bond donors (Lipinski definition) is 2. The Hall–Kier alpha value is -0.520. The number of nitrogen functional groups attached to an aromatic ring is 1. The fourth-order valence-electron chi connectivity index (χ4n) is 0.739.